The van der Waals surface area contributed by atoms with E-state index in [1.54, 1.807) is 36.7 Å². The van der Waals surface area contributed by atoms with Crippen molar-refractivity contribution in [2.24, 2.45) is 7.05 Å². The van der Waals surface area contributed by atoms with E-state index in [0.717, 1.165) is 0 Å². The summed E-state index contributed by atoms with van der Waals surface area (Å²) in [6.07, 6.45) is 0. The van der Waals surface area contributed by atoms with Gasteiger partial charge in [-0.1, -0.05) is 35.5 Å². The lowest BCUT2D eigenvalue weighted by Gasteiger charge is -2.12. The van der Waals surface area contributed by atoms with Crippen LogP contribution in [0.5, 0.6) is 0 Å². The van der Waals surface area contributed by atoms with Crippen LogP contribution < -0.4 is 5.32 Å². The number of carbonyl (C=O) groups is 1. The molecule has 1 atom stereocenters. The molecule has 0 unspecified atom stereocenters. The second-order valence-electron chi connectivity index (χ2n) is 5.72. The highest BCUT2D eigenvalue weighted by molar-refractivity contribution is 8.00. The fourth-order valence-electron chi connectivity index (χ4n) is 2.32. The van der Waals surface area contributed by atoms with Gasteiger partial charge in [0.05, 0.1) is 15.8 Å². The molecule has 0 fully saturated rings. The number of thioether (sulfide) groups is 1. The molecule has 9 heteroatoms. The molecule has 1 aromatic heterocycles. The van der Waals surface area contributed by atoms with Crippen LogP contribution in [0, 0.1) is 11.6 Å². The number of benzene rings is 2. The third-order valence-electron chi connectivity index (χ3n) is 3.79. The Morgan fingerprint density at radius 1 is 1.19 bits per heavy atom. The van der Waals surface area contributed by atoms with Gasteiger partial charge in [-0.25, -0.2) is 8.78 Å². The van der Waals surface area contributed by atoms with Crippen LogP contribution in [-0.2, 0) is 11.8 Å². The number of rotatable bonds is 5. The second-order valence-corrected chi connectivity index (χ2v) is 7.44. The normalized spacial score (nSPS) is 12.0. The summed E-state index contributed by atoms with van der Waals surface area (Å²) in [7, 11) is 1.70. The summed E-state index contributed by atoms with van der Waals surface area (Å²) in [4.78, 5) is 12.4. The molecule has 0 aliphatic rings. The zero-order chi connectivity index (χ0) is 19.6. The fourth-order valence-corrected chi connectivity index (χ4v) is 3.32. The summed E-state index contributed by atoms with van der Waals surface area (Å²) in [6.45, 7) is 1.70. The minimum atomic E-state index is -0.558. The standard InChI is InChI=1S/C18H15ClF2N4OS/c1-10(17(26)22-11-7-8-15(21)13(19)9-11)27-18-24-23-16(25(18)2)12-5-3-4-6-14(12)20/h3-10H,1-2H3,(H,22,26)/t10-/m1/s1. The monoisotopic (exact) mass is 408 g/mol. The number of hydrogen-bond acceptors (Lipinski definition) is 4. The van der Waals surface area contributed by atoms with Crippen molar-refractivity contribution in [3.05, 3.63) is 59.1 Å². The Morgan fingerprint density at radius 3 is 2.63 bits per heavy atom. The lowest BCUT2D eigenvalue weighted by Crippen LogP contribution is -2.22. The van der Waals surface area contributed by atoms with Gasteiger partial charge in [-0.2, -0.15) is 0 Å². The van der Waals surface area contributed by atoms with Crippen molar-refractivity contribution in [1.82, 2.24) is 14.8 Å². The fraction of sp³-hybridized carbons (Fsp3) is 0.167. The molecule has 27 heavy (non-hydrogen) atoms. The summed E-state index contributed by atoms with van der Waals surface area (Å²) in [5.41, 5.74) is 0.723. The van der Waals surface area contributed by atoms with Gasteiger partial charge < -0.3 is 9.88 Å². The zero-order valence-electron chi connectivity index (χ0n) is 14.4. The molecule has 1 amide bonds. The molecule has 0 saturated carbocycles. The average molecular weight is 409 g/mol. The molecular weight excluding hydrogens is 394 g/mol. The van der Waals surface area contributed by atoms with Crippen LogP contribution in [0.3, 0.4) is 0 Å². The number of halogens is 3. The van der Waals surface area contributed by atoms with Gasteiger partial charge in [0.1, 0.15) is 11.6 Å². The second kappa shape index (κ2) is 8.06. The number of carbonyl (C=O) groups excluding carboxylic acids is 1. The molecule has 1 N–H and O–H groups in total. The van der Waals surface area contributed by atoms with Crippen molar-refractivity contribution in [3.63, 3.8) is 0 Å². The van der Waals surface area contributed by atoms with Crippen LogP contribution in [0.4, 0.5) is 14.5 Å². The maximum Gasteiger partial charge on any atom is 0.237 e. The lowest BCUT2D eigenvalue weighted by atomic mass is 10.2. The van der Waals surface area contributed by atoms with Crippen LogP contribution in [-0.4, -0.2) is 25.9 Å². The topological polar surface area (TPSA) is 59.8 Å². The molecule has 0 radical (unpaired) electrons. The Kier molecular flexibility index (Phi) is 5.76. The highest BCUT2D eigenvalue weighted by atomic mass is 35.5. The Hall–Kier alpha value is -2.45. The van der Waals surface area contributed by atoms with E-state index in [2.05, 4.69) is 15.5 Å². The summed E-state index contributed by atoms with van der Waals surface area (Å²) in [5, 5.41) is 10.6. The molecule has 3 rings (SSSR count). The highest BCUT2D eigenvalue weighted by Crippen LogP contribution is 2.28. The molecule has 0 aliphatic carbocycles. The minimum absolute atomic E-state index is 0.0732. The van der Waals surface area contributed by atoms with Gasteiger partial charge >= 0.3 is 0 Å². The molecule has 0 saturated heterocycles. The SMILES string of the molecule is C[C@@H](Sc1nnc(-c2ccccc2F)n1C)C(=O)Nc1ccc(F)c(Cl)c1. The first kappa shape index (κ1) is 19.3. The molecule has 3 aromatic rings. The largest absolute Gasteiger partial charge is 0.325 e. The lowest BCUT2D eigenvalue weighted by molar-refractivity contribution is -0.115. The van der Waals surface area contributed by atoms with E-state index in [9.17, 15) is 13.6 Å². The summed E-state index contributed by atoms with van der Waals surface area (Å²) >= 11 is 6.89. The van der Waals surface area contributed by atoms with E-state index >= 15 is 0 Å². The van der Waals surface area contributed by atoms with Crippen LogP contribution in [0.25, 0.3) is 11.4 Å². The Morgan fingerprint density at radius 2 is 1.93 bits per heavy atom. The molecule has 5 nitrogen and oxygen atoms in total. The van der Waals surface area contributed by atoms with E-state index in [-0.39, 0.29) is 10.9 Å². The smallest absolute Gasteiger partial charge is 0.237 e. The van der Waals surface area contributed by atoms with E-state index in [4.69, 9.17) is 11.6 Å². The molecule has 0 spiro atoms. The van der Waals surface area contributed by atoms with Gasteiger partial charge in [0, 0.05) is 12.7 Å². The number of aromatic nitrogens is 3. The van der Waals surface area contributed by atoms with Gasteiger partial charge in [-0.3, -0.25) is 4.79 Å². The first-order valence-corrected chi connectivity index (χ1v) is 9.19. The van der Waals surface area contributed by atoms with Gasteiger partial charge in [0.25, 0.3) is 0 Å². The zero-order valence-corrected chi connectivity index (χ0v) is 16.0. The molecule has 1 heterocycles. The van der Waals surface area contributed by atoms with Crippen molar-refractivity contribution in [3.8, 4) is 11.4 Å². The molecule has 0 bridgehead atoms. The van der Waals surface area contributed by atoms with E-state index < -0.39 is 16.9 Å². The van der Waals surface area contributed by atoms with Crippen molar-refractivity contribution in [2.45, 2.75) is 17.3 Å². The van der Waals surface area contributed by atoms with Crippen molar-refractivity contribution in [2.75, 3.05) is 5.32 Å². The van der Waals surface area contributed by atoms with Crippen LogP contribution in [0.2, 0.25) is 5.02 Å². The number of nitrogens with zero attached hydrogens (tertiary/aromatic N) is 3. The first-order valence-electron chi connectivity index (χ1n) is 7.93. The summed E-state index contributed by atoms with van der Waals surface area (Å²) < 4.78 is 28.8. The van der Waals surface area contributed by atoms with Crippen LogP contribution in [0.1, 0.15) is 6.92 Å². The molecular formula is C18H15ClF2N4OS. The first-order chi connectivity index (χ1) is 12.9. The minimum Gasteiger partial charge on any atom is -0.325 e. The van der Waals surface area contributed by atoms with Crippen molar-refractivity contribution >= 4 is 35.0 Å². The van der Waals surface area contributed by atoms with E-state index in [1.807, 2.05) is 0 Å². The predicted molar refractivity (Wildman–Crippen MR) is 102 cm³/mol. The third kappa shape index (κ3) is 4.28. The average Bonchev–Trinajstić information content (AvgIpc) is 2.99. The Balaban J connectivity index is 1.72. The van der Waals surface area contributed by atoms with Gasteiger partial charge in [0.15, 0.2) is 11.0 Å². The van der Waals surface area contributed by atoms with Gasteiger partial charge in [-0.15, -0.1) is 10.2 Å². The molecule has 2 aromatic carbocycles. The number of hydrogen-bond donors (Lipinski definition) is 1. The predicted octanol–water partition coefficient (Wildman–Crippen LogP) is 4.53. The number of amides is 1. The van der Waals surface area contributed by atoms with Gasteiger partial charge in [-0.05, 0) is 37.3 Å². The quantitative estimate of drug-likeness (QED) is 0.630. The van der Waals surface area contributed by atoms with Crippen molar-refractivity contribution < 1.29 is 13.6 Å². The Bertz CT molecular complexity index is 995. The molecule has 0 aliphatic heterocycles. The highest BCUT2D eigenvalue weighted by Gasteiger charge is 2.20. The summed E-state index contributed by atoms with van der Waals surface area (Å²) in [5.74, 6) is -0.896. The van der Waals surface area contributed by atoms with E-state index in [0.29, 0.717) is 22.2 Å². The van der Waals surface area contributed by atoms with Gasteiger partial charge in [0.2, 0.25) is 5.91 Å². The number of anilines is 1. The number of nitrogens with one attached hydrogen (secondary N) is 1. The van der Waals surface area contributed by atoms with Crippen LogP contribution in [0.15, 0.2) is 47.6 Å². The maximum absolute atomic E-state index is 14.0. The van der Waals surface area contributed by atoms with E-state index in [1.165, 1.54) is 36.0 Å². The molecule has 140 valence electrons. The summed E-state index contributed by atoms with van der Waals surface area (Å²) in [6, 6.07) is 10.2. The van der Waals surface area contributed by atoms with Crippen molar-refractivity contribution in [1.29, 1.82) is 0 Å². The van der Waals surface area contributed by atoms with Crippen LogP contribution >= 0.6 is 23.4 Å². The maximum atomic E-state index is 14.0. The third-order valence-corrected chi connectivity index (χ3v) is 5.21. The Labute approximate surface area is 163 Å².